The number of fused-ring (bicyclic) bond motifs is 1. The van der Waals surface area contributed by atoms with Crippen molar-refractivity contribution in [1.29, 1.82) is 0 Å². The lowest BCUT2D eigenvalue weighted by molar-refractivity contribution is -0.152. The summed E-state index contributed by atoms with van der Waals surface area (Å²) in [5.74, 6) is 0.548. The van der Waals surface area contributed by atoms with Gasteiger partial charge in [-0.3, -0.25) is 19.3 Å². The van der Waals surface area contributed by atoms with E-state index < -0.39 is 5.41 Å². The second kappa shape index (κ2) is 11.0. The molecule has 1 saturated carbocycles. The Bertz CT molecular complexity index is 870. The van der Waals surface area contributed by atoms with Crippen LogP contribution in [0.1, 0.15) is 32.6 Å². The molecule has 2 aliphatic heterocycles. The summed E-state index contributed by atoms with van der Waals surface area (Å²) in [6, 6.07) is 7.18. The standard InChI is InChI=1S/C23H32N4O4.2ClH/c1-15(26-12-16-10-23(14-24,22(30)31-2)11-17(16)13-26)21(29)25-18-5-3-6-19(9-18)27-8-4-7-20(27)28;;/h3,5-6,9,15-17H,4,7-8,10-14,24H2,1-2H3,(H,25,29);2*1H. The molecule has 3 unspecified atom stereocenters. The van der Waals surface area contributed by atoms with Crippen molar-refractivity contribution in [1.82, 2.24) is 4.90 Å². The molecule has 3 aliphatic rings. The zero-order valence-corrected chi connectivity index (χ0v) is 20.8. The molecular formula is C23H34Cl2N4O4. The van der Waals surface area contributed by atoms with Crippen LogP contribution in [-0.2, 0) is 19.1 Å². The van der Waals surface area contributed by atoms with E-state index in [0.717, 1.165) is 44.6 Å². The highest BCUT2D eigenvalue weighted by Gasteiger charge is 2.53. The fourth-order valence-corrected chi connectivity index (χ4v) is 5.56. The quantitative estimate of drug-likeness (QED) is 0.581. The lowest BCUT2D eigenvalue weighted by Gasteiger charge is -2.29. The van der Waals surface area contributed by atoms with Gasteiger partial charge in [-0.1, -0.05) is 6.07 Å². The topological polar surface area (TPSA) is 105 Å². The van der Waals surface area contributed by atoms with Crippen molar-refractivity contribution in [2.75, 3.05) is 43.5 Å². The summed E-state index contributed by atoms with van der Waals surface area (Å²) in [7, 11) is 1.42. The Morgan fingerprint density at radius 2 is 1.91 bits per heavy atom. The van der Waals surface area contributed by atoms with Gasteiger partial charge in [-0.15, -0.1) is 24.8 Å². The number of carbonyl (C=O) groups is 3. The van der Waals surface area contributed by atoms with Gasteiger partial charge in [0.2, 0.25) is 11.8 Å². The molecule has 0 spiro atoms. The first-order chi connectivity index (χ1) is 14.9. The Labute approximate surface area is 207 Å². The molecule has 0 aromatic heterocycles. The number of benzene rings is 1. The first kappa shape index (κ1) is 27.4. The Hall–Kier alpha value is -1.87. The number of nitrogens with two attached hydrogens (primary N) is 1. The number of amides is 2. The Morgan fingerprint density at radius 3 is 2.45 bits per heavy atom. The zero-order valence-electron chi connectivity index (χ0n) is 19.1. The molecular weight excluding hydrogens is 467 g/mol. The molecule has 8 nitrogen and oxygen atoms in total. The molecule has 3 N–H and O–H groups in total. The number of ether oxygens (including phenoxy) is 1. The van der Waals surface area contributed by atoms with Crippen molar-refractivity contribution >= 4 is 54.0 Å². The van der Waals surface area contributed by atoms with Gasteiger partial charge >= 0.3 is 5.97 Å². The maximum atomic E-state index is 12.9. The number of hydrogen-bond acceptors (Lipinski definition) is 6. The highest BCUT2D eigenvalue weighted by atomic mass is 35.5. The number of anilines is 2. The summed E-state index contributed by atoms with van der Waals surface area (Å²) in [6.45, 7) is 4.50. The normalized spacial score (nSPS) is 27.4. The van der Waals surface area contributed by atoms with Gasteiger partial charge in [0.05, 0.1) is 18.6 Å². The second-order valence-electron chi connectivity index (χ2n) is 9.22. The van der Waals surface area contributed by atoms with Gasteiger partial charge in [-0.25, -0.2) is 0 Å². The molecule has 33 heavy (non-hydrogen) atoms. The smallest absolute Gasteiger partial charge is 0.313 e. The molecule has 1 aromatic rings. The monoisotopic (exact) mass is 500 g/mol. The largest absolute Gasteiger partial charge is 0.469 e. The fraction of sp³-hybridized carbons (Fsp3) is 0.609. The zero-order chi connectivity index (χ0) is 22.2. The second-order valence-corrected chi connectivity index (χ2v) is 9.22. The highest BCUT2D eigenvalue weighted by molar-refractivity contribution is 5.98. The Morgan fingerprint density at radius 1 is 1.24 bits per heavy atom. The van der Waals surface area contributed by atoms with Crippen molar-refractivity contribution in [3.8, 4) is 0 Å². The number of methoxy groups -OCH3 is 1. The summed E-state index contributed by atoms with van der Waals surface area (Å²) >= 11 is 0. The molecule has 3 atom stereocenters. The number of esters is 1. The minimum Gasteiger partial charge on any atom is -0.469 e. The molecule has 4 rings (SSSR count). The summed E-state index contributed by atoms with van der Waals surface area (Å²) in [6.07, 6.45) is 2.88. The lowest BCUT2D eigenvalue weighted by atomic mass is 9.84. The molecule has 2 heterocycles. The Balaban J connectivity index is 0.00000193. The summed E-state index contributed by atoms with van der Waals surface area (Å²) < 4.78 is 5.00. The third kappa shape index (κ3) is 5.29. The van der Waals surface area contributed by atoms with Crippen LogP contribution in [0.2, 0.25) is 0 Å². The van der Waals surface area contributed by atoms with E-state index in [1.807, 2.05) is 31.2 Å². The van der Waals surface area contributed by atoms with E-state index in [1.165, 1.54) is 7.11 Å². The summed E-state index contributed by atoms with van der Waals surface area (Å²) in [4.78, 5) is 41.2. The number of rotatable bonds is 6. The molecule has 0 radical (unpaired) electrons. The van der Waals surface area contributed by atoms with Gasteiger partial charge in [-0.05, 0) is 56.2 Å². The van der Waals surface area contributed by atoms with Crippen molar-refractivity contribution in [2.24, 2.45) is 23.0 Å². The predicted octanol–water partition coefficient (Wildman–Crippen LogP) is 2.44. The van der Waals surface area contributed by atoms with Gasteiger partial charge in [0.1, 0.15) is 0 Å². The molecule has 2 amide bonds. The SMILES string of the molecule is COC(=O)C1(CN)CC2CN(C(C)C(=O)Nc3cccc(N4CCCC4=O)c3)CC2C1.Cl.Cl. The van der Waals surface area contributed by atoms with Gasteiger partial charge in [0.15, 0.2) is 0 Å². The molecule has 0 bridgehead atoms. The van der Waals surface area contributed by atoms with E-state index in [4.69, 9.17) is 10.5 Å². The molecule has 1 aromatic carbocycles. The fourth-order valence-electron chi connectivity index (χ4n) is 5.56. The predicted molar refractivity (Wildman–Crippen MR) is 132 cm³/mol. The van der Waals surface area contributed by atoms with Crippen LogP contribution < -0.4 is 16.0 Å². The van der Waals surface area contributed by atoms with Crippen molar-refractivity contribution in [3.05, 3.63) is 24.3 Å². The first-order valence-corrected chi connectivity index (χ1v) is 11.1. The highest BCUT2D eigenvalue weighted by Crippen LogP contribution is 2.49. The van der Waals surface area contributed by atoms with Crippen LogP contribution in [0.5, 0.6) is 0 Å². The van der Waals surface area contributed by atoms with Gasteiger partial charge in [0, 0.05) is 44.0 Å². The Kier molecular flexibility index (Phi) is 9.16. The summed E-state index contributed by atoms with van der Waals surface area (Å²) in [5.41, 5.74) is 6.89. The third-order valence-electron chi connectivity index (χ3n) is 7.35. The van der Waals surface area contributed by atoms with Crippen LogP contribution in [-0.4, -0.2) is 62.0 Å². The third-order valence-corrected chi connectivity index (χ3v) is 7.35. The van der Waals surface area contributed by atoms with Crippen LogP contribution in [0, 0.1) is 17.3 Å². The van der Waals surface area contributed by atoms with Gasteiger partial charge in [-0.2, -0.15) is 0 Å². The van der Waals surface area contributed by atoms with E-state index in [2.05, 4.69) is 10.2 Å². The summed E-state index contributed by atoms with van der Waals surface area (Å²) in [5, 5.41) is 3.01. The van der Waals surface area contributed by atoms with Crippen LogP contribution in [0.3, 0.4) is 0 Å². The minimum atomic E-state index is -0.574. The number of hydrogen-bond donors (Lipinski definition) is 2. The van der Waals surface area contributed by atoms with Gasteiger partial charge in [0.25, 0.3) is 0 Å². The minimum absolute atomic E-state index is 0. The van der Waals surface area contributed by atoms with Crippen LogP contribution in [0.4, 0.5) is 11.4 Å². The average molecular weight is 501 g/mol. The number of nitrogens with one attached hydrogen (secondary N) is 1. The van der Waals surface area contributed by atoms with Crippen LogP contribution >= 0.6 is 24.8 Å². The van der Waals surface area contributed by atoms with Crippen molar-refractivity contribution in [2.45, 2.75) is 38.6 Å². The van der Waals surface area contributed by atoms with Gasteiger partial charge < -0.3 is 20.7 Å². The van der Waals surface area contributed by atoms with E-state index >= 15 is 0 Å². The number of likely N-dealkylation sites (tertiary alicyclic amines) is 1. The van der Waals surface area contributed by atoms with E-state index in [0.29, 0.717) is 30.5 Å². The molecule has 10 heteroatoms. The van der Waals surface area contributed by atoms with E-state index in [-0.39, 0.29) is 48.6 Å². The maximum absolute atomic E-state index is 12.9. The number of halogens is 2. The molecule has 184 valence electrons. The van der Waals surface area contributed by atoms with Crippen LogP contribution in [0.25, 0.3) is 0 Å². The first-order valence-electron chi connectivity index (χ1n) is 11.1. The van der Waals surface area contributed by atoms with E-state index in [1.54, 1.807) is 4.90 Å². The maximum Gasteiger partial charge on any atom is 0.313 e. The number of nitrogens with zero attached hydrogens (tertiary/aromatic N) is 2. The number of carbonyl (C=O) groups excluding carboxylic acids is 3. The average Bonchev–Trinajstić information content (AvgIpc) is 3.46. The molecule has 2 saturated heterocycles. The molecule has 3 fully saturated rings. The van der Waals surface area contributed by atoms with Crippen LogP contribution in [0.15, 0.2) is 24.3 Å². The van der Waals surface area contributed by atoms with Crippen molar-refractivity contribution in [3.63, 3.8) is 0 Å². The lowest BCUT2D eigenvalue weighted by Crippen LogP contribution is -2.43. The van der Waals surface area contributed by atoms with Crippen molar-refractivity contribution < 1.29 is 19.1 Å². The molecule has 1 aliphatic carbocycles. The van der Waals surface area contributed by atoms with E-state index in [9.17, 15) is 14.4 Å².